The number of fused-ring (bicyclic) bond motifs is 4. The molecule has 0 saturated carbocycles. The summed E-state index contributed by atoms with van der Waals surface area (Å²) < 4.78 is 0. The van der Waals surface area contributed by atoms with E-state index in [9.17, 15) is 40.9 Å². The summed E-state index contributed by atoms with van der Waals surface area (Å²) in [5.41, 5.74) is 0.909. The summed E-state index contributed by atoms with van der Waals surface area (Å²) in [6, 6.07) is 15.0. The van der Waals surface area contributed by atoms with E-state index in [-0.39, 0.29) is 32.7 Å². The number of rotatable bonds is 2. The minimum Gasteiger partial charge on any atom is -0.504 e. The minimum atomic E-state index is -0.959. The Morgan fingerprint density at radius 3 is 1.60 bits per heavy atom. The van der Waals surface area contributed by atoms with Gasteiger partial charge in [-0.15, -0.1) is 0 Å². The molecule has 5 aromatic carbocycles. The van der Waals surface area contributed by atoms with E-state index >= 15 is 0 Å². The van der Waals surface area contributed by atoms with Gasteiger partial charge in [-0.2, -0.15) is 0 Å². The fraction of sp³-hybridized carbons (Fsp3) is 0.118. The molecule has 5 aromatic rings. The lowest BCUT2D eigenvalue weighted by molar-refractivity contribution is 0.349. The predicted octanol–water partition coefficient (Wildman–Crippen LogP) is 3.16. The summed E-state index contributed by atoms with van der Waals surface area (Å²) in [6.45, 7) is 0. The van der Waals surface area contributed by atoms with Crippen LogP contribution in [0.15, 0.2) is 48.5 Å². The highest BCUT2D eigenvalue weighted by Gasteiger charge is 2.34. The first-order valence-electron chi connectivity index (χ1n) is 13.5. The Kier molecular flexibility index (Phi) is 5.46. The number of aromatic hydroxyl groups is 8. The van der Waals surface area contributed by atoms with Gasteiger partial charge in [0.2, 0.25) is 23.0 Å². The average molecular weight is 563 g/mol. The highest BCUT2D eigenvalue weighted by Crippen LogP contribution is 2.60. The Morgan fingerprint density at radius 1 is 0.500 bits per heavy atom. The van der Waals surface area contributed by atoms with Crippen LogP contribution in [-0.2, 0) is 0 Å². The maximum absolute atomic E-state index is 11.4. The monoisotopic (exact) mass is 562 g/mol. The standard InChI is InChI=1S/C34H26O8/c35-27-23-21(18-13-12-15-6-1-2-8-17(15)14-18)24-26(30(38)34(42)32(40)28(24)36)22(25(23)29(37)33(41)31(27)39)20-11-5-9-16-7-3-4-10-19(16)20/h1-4,6-10,12,14,18,35-42H,5,11,13H2. The van der Waals surface area contributed by atoms with E-state index in [1.807, 2.05) is 66.8 Å². The van der Waals surface area contributed by atoms with Crippen molar-refractivity contribution in [1.82, 2.24) is 0 Å². The van der Waals surface area contributed by atoms with Gasteiger partial charge in [0.05, 0.1) is 0 Å². The number of phenols is 8. The molecule has 42 heavy (non-hydrogen) atoms. The van der Waals surface area contributed by atoms with Gasteiger partial charge in [0.15, 0.2) is 23.0 Å². The molecule has 0 aromatic heterocycles. The van der Waals surface area contributed by atoms with Crippen LogP contribution in [0.2, 0.25) is 0 Å². The molecular weight excluding hydrogens is 536 g/mol. The van der Waals surface area contributed by atoms with Crippen molar-refractivity contribution in [3.8, 4) is 46.0 Å². The first-order chi connectivity index (χ1) is 20.2. The Morgan fingerprint density at radius 2 is 1.00 bits per heavy atom. The van der Waals surface area contributed by atoms with E-state index < -0.39 is 51.9 Å². The van der Waals surface area contributed by atoms with Crippen LogP contribution in [0.25, 0.3) is 45.3 Å². The van der Waals surface area contributed by atoms with Gasteiger partial charge in [-0.05, 0) is 51.3 Å². The molecule has 0 radical (unpaired) electrons. The fourth-order valence-electron chi connectivity index (χ4n) is 6.63. The minimum absolute atomic E-state index is 0.0707. The van der Waals surface area contributed by atoms with Gasteiger partial charge in [-0.25, -0.2) is 0 Å². The lowest BCUT2D eigenvalue weighted by Gasteiger charge is -2.27. The van der Waals surface area contributed by atoms with E-state index in [1.165, 1.54) is 0 Å². The van der Waals surface area contributed by atoms with E-state index in [0.717, 1.165) is 20.9 Å². The molecule has 0 aliphatic heterocycles. The molecular formula is C34H26O8. The van der Waals surface area contributed by atoms with Gasteiger partial charge >= 0.3 is 0 Å². The molecule has 0 amide bonds. The van der Waals surface area contributed by atoms with Crippen molar-refractivity contribution >= 4 is 45.3 Å². The molecule has 0 spiro atoms. The molecule has 7 rings (SSSR count). The lowest BCUT2D eigenvalue weighted by atomic mass is 9.78. The molecule has 210 valence electrons. The molecule has 2 aliphatic rings. The summed E-state index contributed by atoms with van der Waals surface area (Å²) in [5.74, 6) is -7.41. The van der Waals surface area contributed by atoms with Crippen LogP contribution < -0.4 is 20.9 Å². The summed E-state index contributed by atoms with van der Waals surface area (Å²) >= 11 is 0. The van der Waals surface area contributed by atoms with E-state index in [4.69, 9.17) is 0 Å². The molecule has 0 heterocycles. The van der Waals surface area contributed by atoms with Crippen LogP contribution >= 0.6 is 0 Å². The maximum Gasteiger partial charge on any atom is 0.204 e. The third kappa shape index (κ3) is 3.35. The van der Waals surface area contributed by atoms with Gasteiger partial charge in [0.25, 0.3) is 0 Å². The zero-order chi connectivity index (χ0) is 29.4. The third-order valence-electron chi connectivity index (χ3n) is 8.52. The molecule has 1 unspecified atom stereocenters. The predicted molar refractivity (Wildman–Crippen MR) is 159 cm³/mol. The summed E-state index contributed by atoms with van der Waals surface area (Å²) in [6.07, 6.45) is 7.22. The average Bonchev–Trinajstić information content (AvgIpc) is 3.02. The van der Waals surface area contributed by atoms with Gasteiger partial charge < -0.3 is 40.9 Å². The van der Waals surface area contributed by atoms with Crippen molar-refractivity contribution in [3.05, 3.63) is 80.5 Å². The van der Waals surface area contributed by atoms with Crippen molar-refractivity contribution in [2.45, 2.75) is 25.2 Å². The van der Waals surface area contributed by atoms with Gasteiger partial charge in [-0.3, -0.25) is 0 Å². The highest BCUT2D eigenvalue weighted by molar-refractivity contribution is 6.21. The SMILES string of the molecule is Oc1c(O)c(O)c2c(C3C=c4ccccc4=CC3)c3c(O)c(O)c(O)c(O)c3c(C3=c4ccccc4=CCC3)c2c1O. The molecule has 0 bridgehead atoms. The summed E-state index contributed by atoms with van der Waals surface area (Å²) in [4.78, 5) is 0. The number of hydrogen-bond donors (Lipinski definition) is 8. The second-order valence-corrected chi connectivity index (χ2v) is 10.7. The van der Waals surface area contributed by atoms with Crippen LogP contribution in [0, 0.1) is 0 Å². The normalized spacial score (nSPS) is 15.9. The van der Waals surface area contributed by atoms with Crippen molar-refractivity contribution < 1.29 is 40.9 Å². The zero-order valence-corrected chi connectivity index (χ0v) is 22.1. The number of phenolic OH excluding ortho intramolecular Hbond substituents is 8. The molecule has 0 saturated heterocycles. The Hall–Kier alpha value is -5.50. The van der Waals surface area contributed by atoms with Gasteiger partial charge in [0.1, 0.15) is 0 Å². The molecule has 8 N–H and O–H groups in total. The largest absolute Gasteiger partial charge is 0.504 e. The van der Waals surface area contributed by atoms with Gasteiger partial charge in [0, 0.05) is 33.0 Å². The van der Waals surface area contributed by atoms with Gasteiger partial charge in [-0.1, -0.05) is 66.8 Å². The van der Waals surface area contributed by atoms with E-state index in [0.29, 0.717) is 24.8 Å². The van der Waals surface area contributed by atoms with Crippen LogP contribution in [-0.4, -0.2) is 40.9 Å². The van der Waals surface area contributed by atoms with Crippen molar-refractivity contribution in [2.24, 2.45) is 0 Å². The smallest absolute Gasteiger partial charge is 0.204 e. The summed E-state index contributed by atoms with van der Waals surface area (Å²) in [7, 11) is 0. The molecule has 8 heteroatoms. The number of hydrogen-bond acceptors (Lipinski definition) is 8. The van der Waals surface area contributed by atoms with Crippen LogP contribution in [0.4, 0.5) is 0 Å². The topological polar surface area (TPSA) is 162 Å². The maximum atomic E-state index is 11.4. The Labute approximate surface area is 237 Å². The first kappa shape index (κ1) is 25.5. The highest BCUT2D eigenvalue weighted by atomic mass is 16.4. The fourth-order valence-corrected chi connectivity index (χ4v) is 6.63. The second kappa shape index (κ2) is 9.01. The Balaban J connectivity index is 1.82. The van der Waals surface area contributed by atoms with Crippen molar-refractivity contribution in [2.75, 3.05) is 0 Å². The van der Waals surface area contributed by atoms with Crippen LogP contribution in [0.5, 0.6) is 46.0 Å². The third-order valence-corrected chi connectivity index (χ3v) is 8.52. The first-order valence-corrected chi connectivity index (χ1v) is 13.5. The van der Waals surface area contributed by atoms with E-state index in [1.54, 1.807) is 0 Å². The van der Waals surface area contributed by atoms with Crippen LogP contribution in [0.3, 0.4) is 0 Å². The zero-order valence-electron chi connectivity index (χ0n) is 22.1. The van der Waals surface area contributed by atoms with E-state index in [2.05, 4.69) is 0 Å². The molecule has 1 atom stereocenters. The molecule has 2 aliphatic carbocycles. The Bertz CT molecular complexity index is 2190. The molecule has 8 nitrogen and oxygen atoms in total. The molecule has 0 fully saturated rings. The number of benzene rings is 5. The van der Waals surface area contributed by atoms with Crippen molar-refractivity contribution in [1.29, 1.82) is 0 Å². The lowest BCUT2D eigenvalue weighted by Crippen LogP contribution is -2.29. The summed E-state index contributed by atoms with van der Waals surface area (Å²) in [5, 5.41) is 91.7. The quantitative estimate of drug-likeness (QED) is 0.0925. The van der Waals surface area contributed by atoms with Crippen LogP contribution in [0.1, 0.15) is 36.3 Å². The second-order valence-electron chi connectivity index (χ2n) is 10.7. The van der Waals surface area contributed by atoms with Crippen molar-refractivity contribution in [3.63, 3.8) is 0 Å².